The molecule has 0 atom stereocenters. The molecule has 0 aliphatic carbocycles. The second kappa shape index (κ2) is 8.01. The third-order valence-corrected chi connectivity index (χ3v) is 4.68. The number of H-pyrrole nitrogens is 1. The summed E-state index contributed by atoms with van der Waals surface area (Å²) in [7, 11) is 0. The molecule has 0 amide bonds. The molecule has 0 aliphatic heterocycles. The summed E-state index contributed by atoms with van der Waals surface area (Å²) >= 11 is 1.37. The van der Waals surface area contributed by atoms with Crippen LogP contribution in [-0.4, -0.2) is 38.2 Å². The van der Waals surface area contributed by atoms with E-state index < -0.39 is 5.97 Å². The smallest absolute Gasteiger partial charge is 0.358 e. The van der Waals surface area contributed by atoms with Gasteiger partial charge in [0.2, 0.25) is 5.82 Å². The Morgan fingerprint density at radius 2 is 2.11 bits per heavy atom. The van der Waals surface area contributed by atoms with Gasteiger partial charge in [0, 0.05) is 10.9 Å². The molecule has 9 nitrogen and oxygen atoms in total. The number of carbonyl (C=O) groups excluding carboxylic acids is 1. The zero-order chi connectivity index (χ0) is 19.3. The van der Waals surface area contributed by atoms with Gasteiger partial charge in [-0.15, -0.1) is 21.5 Å². The summed E-state index contributed by atoms with van der Waals surface area (Å²) in [5.74, 6) is 1.05. The summed E-state index contributed by atoms with van der Waals surface area (Å²) in [6, 6.07) is 9.22. The topological polar surface area (TPSA) is 116 Å². The summed E-state index contributed by atoms with van der Waals surface area (Å²) in [4.78, 5) is 16.7. The van der Waals surface area contributed by atoms with Crippen LogP contribution >= 0.6 is 11.3 Å². The number of hydrogen-bond acceptors (Lipinski definition) is 9. The van der Waals surface area contributed by atoms with Gasteiger partial charge in [-0.3, -0.25) is 0 Å². The first-order valence-electron chi connectivity index (χ1n) is 8.40. The van der Waals surface area contributed by atoms with E-state index in [1.165, 1.54) is 17.6 Å². The zero-order valence-electron chi connectivity index (χ0n) is 14.8. The van der Waals surface area contributed by atoms with Crippen molar-refractivity contribution in [2.24, 2.45) is 0 Å². The minimum atomic E-state index is -0.538. The number of thiazole rings is 1. The number of carbonyl (C=O) groups is 1. The van der Waals surface area contributed by atoms with Gasteiger partial charge in [-0.1, -0.05) is 0 Å². The van der Waals surface area contributed by atoms with E-state index in [1.54, 1.807) is 11.4 Å². The fourth-order valence-electron chi connectivity index (χ4n) is 2.49. The minimum Gasteiger partial charge on any atom is -0.494 e. The van der Waals surface area contributed by atoms with E-state index in [0.29, 0.717) is 23.8 Å². The molecule has 3 heterocycles. The van der Waals surface area contributed by atoms with Gasteiger partial charge in [0.1, 0.15) is 10.8 Å². The van der Waals surface area contributed by atoms with Crippen LogP contribution in [0.25, 0.3) is 22.0 Å². The number of nitrogens with zero attached hydrogens (tertiary/aromatic N) is 4. The first-order chi connectivity index (χ1) is 13.7. The molecule has 4 aromatic rings. The molecule has 1 N–H and O–H groups in total. The predicted molar refractivity (Wildman–Crippen MR) is 99.7 cm³/mol. The fourth-order valence-corrected chi connectivity index (χ4v) is 3.29. The van der Waals surface area contributed by atoms with Crippen molar-refractivity contribution in [3.63, 3.8) is 0 Å². The summed E-state index contributed by atoms with van der Waals surface area (Å²) in [6.45, 7) is 2.48. The van der Waals surface area contributed by atoms with Crippen molar-refractivity contribution in [3.05, 3.63) is 53.4 Å². The van der Waals surface area contributed by atoms with Gasteiger partial charge in [-0.25, -0.2) is 9.78 Å². The third-order valence-electron chi connectivity index (χ3n) is 3.79. The van der Waals surface area contributed by atoms with Crippen molar-refractivity contribution in [1.29, 1.82) is 0 Å². The highest BCUT2D eigenvalue weighted by molar-refractivity contribution is 7.13. The first kappa shape index (κ1) is 17.9. The molecule has 0 saturated heterocycles. The third kappa shape index (κ3) is 3.76. The van der Waals surface area contributed by atoms with Gasteiger partial charge in [-0.05, 0) is 42.5 Å². The minimum absolute atomic E-state index is 0.0639. The highest BCUT2D eigenvalue weighted by Gasteiger charge is 2.17. The first-order valence-corrected chi connectivity index (χ1v) is 9.28. The maximum Gasteiger partial charge on any atom is 0.358 e. The van der Waals surface area contributed by atoms with E-state index in [9.17, 15) is 4.79 Å². The molecule has 0 radical (unpaired) electrons. The maximum absolute atomic E-state index is 12.3. The second-order valence-corrected chi connectivity index (χ2v) is 6.42. The number of aromatic amines is 1. The Hall–Kier alpha value is -3.53. The monoisotopic (exact) mass is 397 g/mol. The van der Waals surface area contributed by atoms with Gasteiger partial charge < -0.3 is 13.9 Å². The lowest BCUT2D eigenvalue weighted by Crippen LogP contribution is -2.06. The lowest BCUT2D eigenvalue weighted by atomic mass is 10.2. The van der Waals surface area contributed by atoms with E-state index in [4.69, 9.17) is 13.9 Å². The Bertz CT molecular complexity index is 1060. The number of esters is 1. The lowest BCUT2D eigenvalue weighted by Gasteiger charge is -2.03. The SMILES string of the molecule is CCOc1ccc(-c2nc(C(=O)OCc3occc3-c3nn[nH]n3)cs2)cc1. The number of aromatic nitrogens is 5. The van der Waals surface area contributed by atoms with Crippen molar-refractivity contribution < 1.29 is 18.7 Å². The molecule has 4 rings (SSSR count). The van der Waals surface area contributed by atoms with Crippen molar-refractivity contribution in [3.8, 4) is 27.7 Å². The molecule has 0 fully saturated rings. The van der Waals surface area contributed by atoms with Crippen LogP contribution in [0.4, 0.5) is 0 Å². The largest absolute Gasteiger partial charge is 0.494 e. The molecule has 28 heavy (non-hydrogen) atoms. The normalized spacial score (nSPS) is 10.8. The molecule has 3 aromatic heterocycles. The van der Waals surface area contributed by atoms with Crippen LogP contribution in [0, 0.1) is 0 Å². The van der Waals surface area contributed by atoms with Crippen LogP contribution in [0.15, 0.2) is 46.4 Å². The van der Waals surface area contributed by atoms with Crippen molar-refractivity contribution in [2.45, 2.75) is 13.5 Å². The molecule has 0 spiro atoms. The Labute approximate surface area is 163 Å². The number of tetrazole rings is 1. The summed E-state index contributed by atoms with van der Waals surface area (Å²) < 4.78 is 16.1. The van der Waals surface area contributed by atoms with Gasteiger partial charge >= 0.3 is 5.97 Å². The molecule has 1 aromatic carbocycles. The number of rotatable bonds is 7. The molecule has 10 heteroatoms. The average Bonchev–Trinajstić information content (AvgIpc) is 3.48. The van der Waals surface area contributed by atoms with Crippen LogP contribution in [-0.2, 0) is 11.3 Å². The fraction of sp³-hybridized carbons (Fsp3) is 0.167. The Kier molecular flexibility index (Phi) is 5.11. The summed E-state index contributed by atoms with van der Waals surface area (Å²) in [5.41, 5.74) is 1.74. The second-order valence-electron chi connectivity index (χ2n) is 5.56. The number of furan rings is 1. The van der Waals surface area contributed by atoms with Crippen LogP contribution in [0.5, 0.6) is 5.75 Å². The van der Waals surface area contributed by atoms with Gasteiger partial charge in [0.15, 0.2) is 18.1 Å². The quantitative estimate of drug-likeness (QED) is 0.472. The molecule has 0 bridgehead atoms. The van der Waals surface area contributed by atoms with Crippen molar-refractivity contribution >= 4 is 17.3 Å². The maximum atomic E-state index is 12.3. The number of hydrogen-bond donors (Lipinski definition) is 1. The molecule has 0 aliphatic rings. The van der Waals surface area contributed by atoms with E-state index in [2.05, 4.69) is 25.6 Å². The van der Waals surface area contributed by atoms with E-state index in [-0.39, 0.29) is 12.3 Å². The van der Waals surface area contributed by atoms with Gasteiger partial charge in [0.25, 0.3) is 0 Å². The molecular formula is C18H15N5O4S. The molecular weight excluding hydrogens is 382 g/mol. The Balaban J connectivity index is 1.42. The average molecular weight is 397 g/mol. The Morgan fingerprint density at radius 1 is 1.25 bits per heavy atom. The van der Waals surface area contributed by atoms with Crippen LogP contribution in [0.2, 0.25) is 0 Å². The highest BCUT2D eigenvalue weighted by atomic mass is 32.1. The van der Waals surface area contributed by atoms with Crippen LogP contribution in [0.3, 0.4) is 0 Å². The Morgan fingerprint density at radius 3 is 2.86 bits per heavy atom. The van der Waals surface area contributed by atoms with Crippen LogP contribution in [0.1, 0.15) is 23.2 Å². The van der Waals surface area contributed by atoms with Crippen molar-refractivity contribution in [1.82, 2.24) is 25.6 Å². The summed E-state index contributed by atoms with van der Waals surface area (Å²) in [6.07, 6.45) is 1.47. The van der Waals surface area contributed by atoms with Crippen LogP contribution < -0.4 is 4.74 Å². The predicted octanol–water partition coefficient (Wildman–Crippen LogP) is 3.34. The number of benzene rings is 1. The van der Waals surface area contributed by atoms with E-state index in [1.807, 2.05) is 31.2 Å². The highest BCUT2D eigenvalue weighted by Crippen LogP contribution is 2.27. The van der Waals surface area contributed by atoms with Crippen molar-refractivity contribution in [2.75, 3.05) is 6.61 Å². The van der Waals surface area contributed by atoms with Gasteiger partial charge in [0.05, 0.1) is 18.4 Å². The lowest BCUT2D eigenvalue weighted by molar-refractivity contribution is 0.0440. The van der Waals surface area contributed by atoms with E-state index >= 15 is 0 Å². The number of nitrogens with one attached hydrogen (secondary N) is 1. The summed E-state index contributed by atoms with van der Waals surface area (Å²) in [5, 5.41) is 16.0. The number of ether oxygens (including phenoxy) is 2. The molecule has 0 saturated carbocycles. The molecule has 142 valence electrons. The molecule has 0 unspecified atom stereocenters. The zero-order valence-corrected chi connectivity index (χ0v) is 15.6. The van der Waals surface area contributed by atoms with Gasteiger partial charge in [-0.2, -0.15) is 5.21 Å². The standard InChI is InChI=1S/C18H15N5O4S/c1-2-25-12-5-3-11(4-6-12)17-19-14(10-28-17)18(24)27-9-15-13(7-8-26-15)16-20-22-23-21-16/h3-8,10H,2,9H2,1H3,(H,20,21,22,23). The van der Waals surface area contributed by atoms with E-state index in [0.717, 1.165) is 16.3 Å².